The van der Waals surface area contributed by atoms with E-state index in [2.05, 4.69) is 15.5 Å². The lowest BCUT2D eigenvalue weighted by molar-refractivity contribution is 1.31. The summed E-state index contributed by atoms with van der Waals surface area (Å²) in [6.07, 6.45) is 1.72. The van der Waals surface area contributed by atoms with Gasteiger partial charge in [0, 0.05) is 5.02 Å². The molecule has 3 aromatic rings. The highest BCUT2D eigenvalue weighted by molar-refractivity contribution is 7.22. The monoisotopic (exact) mass is 287 g/mol. The first-order valence-corrected chi connectivity index (χ1v) is 6.91. The molecule has 3 nitrogen and oxygen atoms in total. The van der Waals surface area contributed by atoms with Gasteiger partial charge in [-0.15, -0.1) is 0 Å². The van der Waals surface area contributed by atoms with Gasteiger partial charge < -0.3 is 0 Å². The van der Waals surface area contributed by atoms with Crippen LogP contribution in [0.25, 0.3) is 10.2 Å². The standard InChI is InChI=1S/C14H10ClN3S/c15-11-5-3-4-10(8-11)9-16-18-14-17-12-6-1-2-7-13(12)19-14/h1-9H,(H,17,18)/b16-9+. The molecule has 0 amide bonds. The van der Waals surface area contributed by atoms with Crippen LogP contribution in [0.4, 0.5) is 5.13 Å². The first-order valence-electron chi connectivity index (χ1n) is 5.71. The number of hydrogen-bond donors (Lipinski definition) is 1. The fourth-order valence-electron chi connectivity index (χ4n) is 1.67. The minimum absolute atomic E-state index is 0.698. The molecule has 0 bridgehead atoms. The zero-order chi connectivity index (χ0) is 13.1. The van der Waals surface area contributed by atoms with Crippen molar-refractivity contribution in [1.82, 2.24) is 4.98 Å². The van der Waals surface area contributed by atoms with E-state index < -0.39 is 0 Å². The average Bonchev–Trinajstić information content (AvgIpc) is 2.81. The molecule has 0 radical (unpaired) electrons. The van der Waals surface area contributed by atoms with Crippen molar-refractivity contribution < 1.29 is 0 Å². The highest BCUT2D eigenvalue weighted by atomic mass is 35.5. The van der Waals surface area contributed by atoms with Crippen LogP contribution in [0.2, 0.25) is 5.02 Å². The van der Waals surface area contributed by atoms with Crippen LogP contribution in [-0.4, -0.2) is 11.2 Å². The number of thiazole rings is 1. The first-order chi connectivity index (χ1) is 9.31. The minimum Gasteiger partial charge on any atom is -0.253 e. The Balaban J connectivity index is 1.75. The number of aromatic nitrogens is 1. The van der Waals surface area contributed by atoms with E-state index in [9.17, 15) is 0 Å². The molecular formula is C14H10ClN3S. The van der Waals surface area contributed by atoms with E-state index in [1.54, 1.807) is 17.6 Å². The Hall–Kier alpha value is -1.91. The highest BCUT2D eigenvalue weighted by Gasteiger charge is 2.00. The number of para-hydroxylation sites is 1. The second kappa shape index (κ2) is 5.38. The van der Waals surface area contributed by atoms with Gasteiger partial charge in [0.25, 0.3) is 0 Å². The summed E-state index contributed by atoms with van der Waals surface area (Å²) in [5, 5.41) is 5.64. The fourth-order valence-corrected chi connectivity index (χ4v) is 2.68. The summed E-state index contributed by atoms with van der Waals surface area (Å²) in [5.74, 6) is 0. The van der Waals surface area contributed by atoms with Gasteiger partial charge >= 0.3 is 0 Å². The second-order valence-electron chi connectivity index (χ2n) is 3.91. The Kier molecular flexibility index (Phi) is 3.44. The van der Waals surface area contributed by atoms with Gasteiger partial charge in [0.15, 0.2) is 0 Å². The smallest absolute Gasteiger partial charge is 0.204 e. The maximum Gasteiger partial charge on any atom is 0.204 e. The van der Waals surface area contributed by atoms with Gasteiger partial charge in [-0.05, 0) is 29.8 Å². The van der Waals surface area contributed by atoms with E-state index in [1.807, 2.05) is 48.5 Å². The molecule has 0 aliphatic rings. The Morgan fingerprint density at radius 2 is 2.05 bits per heavy atom. The summed E-state index contributed by atoms with van der Waals surface area (Å²) in [5.41, 5.74) is 4.86. The zero-order valence-corrected chi connectivity index (χ0v) is 11.4. The second-order valence-corrected chi connectivity index (χ2v) is 5.38. The SMILES string of the molecule is Clc1cccc(/C=N/Nc2nc3ccccc3s2)c1. The maximum absolute atomic E-state index is 5.90. The Bertz CT molecular complexity index is 703. The van der Waals surface area contributed by atoms with Crippen molar-refractivity contribution in [3.05, 3.63) is 59.1 Å². The number of hydrogen-bond acceptors (Lipinski definition) is 4. The third-order valence-corrected chi connectivity index (χ3v) is 3.69. The minimum atomic E-state index is 0.698. The molecule has 94 valence electrons. The summed E-state index contributed by atoms with van der Waals surface area (Å²) in [6.45, 7) is 0. The third kappa shape index (κ3) is 2.92. The predicted octanol–water partition coefficient (Wildman–Crippen LogP) is 4.40. The number of nitrogens with zero attached hydrogens (tertiary/aromatic N) is 2. The van der Waals surface area contributed by atoms with Crippen LogP contribution in [0.1, 0.15) is 5.56 Å². The lowest BCUT2D eigenvalue weighted by Gasteiger charge is -1.94. The number of nitrogens with one attached hydrogen (secondary N) is 1. The summed E-state index contributed by atoms with van der Waals surface area (Å²) < 4.78 is 1.14. The molecule has 0 aliphatic heterocycles. The van der Waals surface area contributed by atoms with Crippen LogP contribution in [0.3, 0.4) is 0 Å². The first kappa shape index (κ1) is 12.1. The fraction of sp³-hybridized carbons (Fsp3) is 0. The predicted molar refractivity (Wildman–Crippen MR) is 82.3 cm³/mol. The van der Waals surface area contributed by atoms with Crippen molar-refractivity contribution in [2.24, 2.45) is 5.10 Å². The Labute approximate surface area is 119 Å². The van der Waals surface area contributed by atoms with Crippen molar-refractivity contribution >= 4 is 44.5 Å². The van der Waals surface area contributed by atoms with E-state index in [0.29, 0.717) is 5.02 Å². The largest absolute Gasteiger partial charge is 0.253 e. The van der Waals surface area contributed by atoms with Gasteiger partial charge in [-0.1, -0.05) is 47.2 Å². The van der Waals surface area contributed by atoms with Gasteiger partial charge in [0.05, 0.1) is 16.4 Å². The molecule has 0 atom stereocenters. The molecular weight excluding hydrogens is 278 g/mol. The van der Waals surface area contributed by atoms with Crippen LogP contribution in [0, 0.1) is 0 Å². The molecule has 1 aromatic heterocycles. The Morgan fingerprint density at radius 3 is 2.89 bits per heavy atom. The average molecular weight is 288 g/mol. The number of hydrazone groups is 1. The van der Waals surface area contributed by atoms with Crippen LogP contribution >= 0.6 is 22.9 Å². The van der Waals surface area contributed by atoms with Gasteiger partial charge in [-0.2, -0.15) is 5.10 Å². The Morgan fingerprint density at radius 1 is 1.16 bits per heavy atom. The molecule has 19 heavy (non-hydrogen) atoms. The highest BCUT2D eigenvalue weighted by Crippen LogP contribution is 2.25. The number of benzene rings is 2. The van der Waals surface area contributed by atoms with E-state index in [1.165, 1.54) is 0 Å². The number of halogens is 1. The molecule has 5 heteroatoms. The normalized spacial score (nSPS) is 11.2. The number of rotatable bonds is 3. The summed E-state index contributed by atoms with van der Waals surface area (Å²) in [4.78, 5) is 4.43. The molecule has 0 unspecified atom stereocenters. The van der Waals surface area contributed by atoms with Gasteiger partial charge in [-0.25, -0.2) is 4.98 Å². The summed E-state index contributed by atoms with van der Waals surface area (Å²) in [7, 11) is 0. The quantitative estimate of drug-likeness (QED) is 0.573. The van der Waals surface area contributed by atoms with Crippen molar-refractivity contribution in [2.45, 2.75) is 0 Å². The van der Waals surface area contributed by atoms with Crippen molar-refractivity contribution in [3.63, 3.8) is 0 Å². The molecule has 1 heterocycles. The third-order valence-electron chi connectivity index (χ3n) is 2.52. The lowest BCUT2D eigenvalue weighted by atomic mass is 10.2. The van der Waals surface area contributed by atoms with Crippen LogP contribution in [-0.2, 0) is 0 Å². The molecule has 3 rings (SSSR count). The van der Waals surface area contributed by atoms with Crippen molar-refractivity contribution in [3.8, 4) is 0 Å². The zero-order valence-electron chi connectivity index (χ0n) is 9.88. The van der Waals surface area contributed by atoms with Crippen LogP contribution in [0.5, 0.6) is 0 Å². The molecule has 0 saturated heterocycles. The van der Waals surface area contributed by atoms with Crippen molar-refractivity contribution in [2.75, 3.05) is 5.43 Å². The van der Waals surface area contributed by atoms with E-state index in [0.717, 1.165) is 20.9 Å². The molecule has 0 spiro atoms. The number of fused-ring (bicyclic) bond motifs is 1. The molecule has 1 N–H and O–H groups in total. The van der Waals surface area contributed by atoms with Gasteiger partial charge in [0.2, 0.25) is 5.13 Å². The summed E-state index contributed by atoms with van der Waals surface area (Å²) in [6, 6.07) is 15.5. The van der Waals surface area contributed by atoms with Gasteiger partial charge in [-0.3, -0.25) is 5.43 Å². The van der Waals surface area contributed by atoms with E-state index in [4.69, 9.17) is 11.6 Å². The van der Waals surface area contributed by atoms with Crippen LogP contribution in [0.15, 0.2) is 53.6 Å². The molecule has 2 aromatic carbocycles. The summed E-state index contributed by atoms with van der Waals surface area (Å²) >= 11 is 7.48. The topological polar surface area (TPSA) is 37.3 Å². The number of anilines is 1. The van der Waals surface area contributed by atoms with E-state index in [-0.39, 0.29) is 0 Å². The van der Waals surface area contributed by atoms with Crippen molar-refractivity contribution in [1.29, 1.82) is 0 Å². The molecule has 0 saturated carbocycles. The maximum atomic E-state index is 5.90. The molecule has 0 fully saturated rings. The lowest BCUT2D eigenvalue weighted by Crippen LogP contribution is -1.89. The van der Waals surface area contributed by atoms with Crippen LogP contribution < -0.4 is 5.43 Å². The van der Waals surface area contributed by atoms with E-state index >= 15 is 0 Å². The van der Waals surface area contributed by atoms with Gasteiger partial charge in [0.1, 0.15) is 0 Å². The molecule has 0 aliphatic carbocycles.